The van der Waals surface area contributed by atoms with Crippen molar-refractivity contribution in [3.8, 4) is 17.2 Å². The Hall–Kier alpha value is -2.17. The van der Waals surface area contributed by atoms with Gasteiger partial charge in [0.25, 0.3) is 0 Å². The molecule has 0 atom stereocenters. The number of carbonyl (C=O) groups is 1. The minimum atomic E-state index is -0.392. The number of rotatable bonds is 5. The maximum atomic E-state index is 11.4. The van der Waals surface area contributed by atoms with E-state index in [1.807, 2.05) is 0 Å². The van der Waals surface area contributed by atoms with Gasteiger partial charge in [-0.05, 0) is 25.1 Å². The Labute approximate surface area is 112 Å². The lowest BCUT2D eigenvalue weighted by Gasteiger charge is -2.14. The van der Waals surface area contributed by atoms with Crippen molar-refractivity contribution in [1.82, 2.24) is 0 Å². The fourth-order valence-corrected chi connectivity index (χ4v) is 1.69. The maximum Gasteiger partial charge on any atom is 0.333 e. The van der Waals surface area contributed by atoms with Crippen molar-refractivity contribution in [3.05, 3.63) is 23.3 Å². The molecule has 5 heteroatoms. The van der Waals surface area contributed by atoms with E-state index in [1.165, 1.54) is 21.3 Å². The molecule has 0 amide bonds. The highest BCUT2D eigenvalue weighted by atomic mass is 16.5. The highest BCUT2D eigenvalue weighted by molar-refractivity contribution is 5.93. The SMILES string of the molecule is COC(=O)C(C)=Cc1ccc(OC)c(OC)c1OC. The van der Waals surface area contributed by atoms with Crippen molar-refractivity contribution in [2.45, 2.75) is 6.92 Å². The minimum absolute atomic E-state index is 0.392. The van der Waals surface area contributed by atoms with E-state index in [4.69, 9.17) is 14.2 Å². The monoisotopic (exact) mass is 266 g/mol. The van der Waals surface area contributed by atoms with Crippen molar-refractivity contribution in [3.63, 3.8) is 0 Å². The molecule has 0 aliphatic heterocycles. The van der Waals surface area contributed by atoms with Crippen LogP contribution in [0.4, 0.5) is 0 Å². The Morgan fingerprint density at radius 3 is 2.11 bits per heavy atom. The lowest BCUT2D eigenvalue weighted by molar-refractivity contribution is -0.135. The first-order chi connectivity index (χ1) is 9.08. The molecule has 0 aliphatic carbocycles. The second-order valence-electron chi connectivity index (χ2n) is 3.74. The van der Waals surface area contributed by atoms with E-state index in [0.29, 0.717) is 28.4 Å². The molecule has 0 fully saturated rings. The maximum absolute atomic E-state index is 11.4. The first kappa shape index (κ1) is 14.9. The molecule has 1 aromatic carbocycles. The van der Waals surface area contributed by atoms with Gasteiger partial charge in [0.2, 0.25) is 5.75 Å². The molecule has 1 aromatic rings. The van der Waals surface area contributed by atoms with Crippen LogP contribution >= 0.6 is 0 Å². The van der Waals surface area contributed by atoms with Gasteiger partial charge in [-0.1, -0.05) is 0 Å². The summed E-state index contributed by atoms with van der Waals surface area (Å²) < 4.78 is 20.4. The molecule has 0 saturated heterocycles. The summed E-state index contributed by atoms with van der Waals surface area (Å²) in [4.78, 5) is 11.4. The van der Waals surface area contributed by atoms with Crippen LogP contribution in [-0.2, 0) is 9.53 Å². The van der Waals surface area contributed by atoms with Crippen LogP contribution in [0.2, 0.25) is 0 Å². The topological polar surface area (TPSA) is 54.0 Å². The van der Waals surface area contributed by atoms with Gasteiger partial charge in [-0.15, -0.1) is 0 Å². The molecule has 1 rings (SSSR count). The molecule has 0 unspecified atom stereocenters. The lowest BCUT2D eigenvalue weighted by Crippen LogP contribution is -2.02. The molecule has 104 valence electrons. The zero-order chi connectivity index (χ0) is 14.4. The van der Waals surface area contributed by atoms with Gasteiger partial charge in [-0.25, -0.2) is 4.79 Å². The van der Waals surface area contributed by atoms with Gasteiger partial charge in [0, 0.05) is 11.1 Å². The van der Waals surface area contributed by atoms with Gasteiger partial charge in [-0.2, -0.15) is 0 Å². The summed E-state index contributed by atoms with van der Waals surface area (Å²) in [6.07, 6.45) is 1.67. The quantitative estimate of drug-likeness (QED) is 0.604. The Morgan fingerprint density at radius 2 is 1.63 bits per heavy atom. The van der Waals surface area contributed by atoms with Crippen LogP contribution in [0.1, 0.15) is 12.5 Å². The second kappa shape index (κ2) is 6.68. The molecule has 0 heterocycles. The van der Waals surface area contributed by atoms with Gasteiger partial charge >= 0.3 is 5.97 Å². The molecule has 0 N–H and O–H groups in total. The van der Waals surface area contributed by atoms with Crippen LogP contribution in [0.25, 0.3) is 6.08 Å². The van der Waals surface area contributed by atoms with Crippen LogP contribution < -0.4 is 14.2 Å². The largest absolute Gasteiger partial charge is 0.493 e. The number of methoxy groups -OCH3 is 4. The Morgan fingerprint density at radius 1 is 1.00 bits per heavy atom. The predicted octanol–water partition coefficient (Wildman–Crippen LogP) is 2.29. The van der Waals surface area contributed by atoms with Crippen LogP contribution in [0.5, 0.6) is 17.2 Å². The van der Waals surface area contributed by atoms with E-state index in [9.17, 15) is 4.79 Å². The van der Waals surface area contributed by atoms with Gasteiger partial charge in [0.15, 0.2) is 11.5 Å². The van der Waals surface area contributed by atoms with Gasteiger partial charge in [0.05, 0.1) is 28.4 Å². The fourth-order valence-electron chi connectivity index (χ4n) is 1.69. The zero-order valence-electron chi connectivity index (χ0n) is 11.8. The molecule has 0 radical (unpaired) electrons. The van der Waals surface area contributed by atoms with Crippen molar-refractivity contribution in [1.29, 1.82) is 0 Å². The first-order valence-electron chi connectivity index (χ1n) is 5.64. The van der Waals surface area contributed by atoms with E-state index in [0.717, 1.165) is 0 Å². The van der Waals surface area contributed by atoms with E-state index in [-0.39, 0.29) is 0 Å². The smallest absolute Gasteiger partial charge is 0.333 e. The Kier molecular flexibility index (Phi) is 5.23. The summed E-state index contributed by atoms with van der Waals surface area (Å²) >= 11 is 0. The lowest BCUT2D eigenvalue weighted by atomic mass is 10.1. The number of benzene rings is 1. The molecule has 0 aliphatic rings. The Balaban J connectivity index is 3.33. The Bertz CT molecular complexity index is 491. The molecule has 19 heavy (non-hydrogen) atoms. The second-order valence-corrected chi connectivity index (χ2v) is 3.74. The van der Waals surface area contributed by atoms with Gasteiger partial charge in [-0.3, -0.25) is 0 Å². The summed E-state index contributed by atoms with van der Waals surface area (Å²) in [6.45, 7) is 1.67. The van der Waals surface area contributed by atoms with Crippen molar-refractivity contribution < 1.29 is 23.7 Å². The van der Waals surface area contributed by atoms with Gasteiger partial charge < -0.3 is 18.9 Å². The predicted molar refractivity (Wildman–Crippen MR) is 71.8 cm³/mol. The third kappa shape index (κ3) is 3.19. The van der Waals surface area contributed by atoms with Crippen molar-refractivity contribution in [2.24, 2.45) is 0 Å². The molecule has 0 aromatic heterocycles. The van der Waals surface area contributed by atoms with Crippen LogP contribution in [0.15, 0.2) is 17.7 Å². The standard InChI is InChI=1S/C14H18O5/c1-9(14(15)19-5)8-10-6-7-11(16-2)13(18-4)12(10)17-3/h6-8H,1-5H3. The molecule has 5 nitrogen and oxygen atoms in total. The molecule has 0 spiro atoms. The highest BCUT2D eigenvalue weighted by Gasteiger charge is 2.15. The summed E-state index contributed by atoms with van der Waals surface area (Å²) in [6, 6.07) is 3.53. The summed E-state index contributed by atoms with van der Waals surface area (Å²) in [5.74, 6) is 1.16. The third-order valence-corrected chi connectivity index (χ3v) is 2.61. The number of hydrogen-bond acceptors (Lipinski definition) is 5. The molecule has 0 bridgehead atoms. The van der Waals surface area contributed by atoms with Crippen LogP contribution in [0.3, 0.4) is 0 Å². The normalized spacial score (nSPS) is 10.9. The average Bonchev–Trinajstić information content (AvgIpc) is 2.45. The summed E-state index contributed by atoms with van der Waals surface area (Å²) in [7, 11) is 5.95. The average molecular weight is 266 g/mol. The van der Waals surface area contributed by atoms with E-state index < -0.39 is 5.97 Å². The third-order valence-electron chi connectivity index (χ3n) is 2.61. The van der Waals surface area contributed by atoms with Gasteiger partial charge in [0.1, 0.15) is 0 Å². The molecular weight excluding hydrogens is 248 g/mol. The molecule has 0 saturated carbocycles. The number of carbonyl (C=O) groups excluding carboxylic acids is 1. The number of hydrogen-bond donors (Lipinski definition) is 0. The van der Waals surface area contributed by atoms with E-state index in [2.05, 4.69) is 4.74 Å². The molecular formula is C14H18O5. The minimum Gasteiger partial charge on any atom is -0.493 e. The first-order valence-corrected chi connectivity index (χ1v) is 5.64. The van der Waals surface area contributed by atoms with Crippen LogP contribution in [0, 0.1) is 0 Å². The van der Waals surface area contributed by atoms with Crippen molar-refractivity contribution in [2.75, 3.05) is 28.4 Å². The zero-order valence-corrected chi connectivity index (χ0v) is 11.8. The van der Waals surface area contributed by atoms with E-state index in [1.54, 1.807) is 32.2 Å². The van der Waals surface area contributed by atoms with E-state index >= 15 is 0 Å². The summed E-state index contributed by atoms with van der Waals surface area (Å²) in [5.41, 5.74) is 1.18. The fraction of sp³-hybridized carbons (Fsp3) is 0.357. The van der Waals surface area contributed by atoms with Crippen molar-refractivity contribution >= 4 is 12.0 Å². The van der Waals surface area contributed by atoms with Crippen LogP contribution in [-0.4, -0.2) is 34.4 Å². The highest BCUT2D eigenvalue weighted by Crippen LogP contribution is 2.40. The number of ether oxygens (including phenoxy) is 4. The number of esters is 1. The summed E-state index contributed by atoms with van der Waals surface area (Å²) in [5, 5.41) is 0.